The van der Waals surface area contributed by atoms with Crippen molar-refractivity contribution >= 4 is 28.5 Å². The first-order chi connectivity index (χ1) is 11.4. The molecule has 0 aliphatic carbocycles. The summed E-state index contributed by atoms with van der Waals surface area (Å²) < 4.78 is 49.3. The van der Waals surface area contributed by atoms with Crippen LogP contribution in [0.25, 0.3) is 0 Å². The molecule has 0 fully saturated rings. The van der Waals surface area contributed by atoms with Gasteiger partial charge < -0.3 is 9.47 Å². The lowest BCUT2D eigenvalue weighted by Crippen LogP contribution is -2.37. The van der Waals surface area contributed by atoms with Gasteiger partial charge in [-0.3, -0.25) is 0 Å². The van der Waals surface area contributed by atoms with Gasteiger partial charge >= 0.3 is 18.2 Å². The molecule has 0 aliphatic heterocycles. The van der Waals surface area contributed by atoms with Gasteiger partial charge in [0.1, 0.15) is 10.5 Å². The summed E-state index contributed by atoms with van der Waals surface area (Å²) >= 11 is 0.408. The Kier molecular flexibility index (Phi) is 6.58. The van der Waals surface area contributed by atoms with Gasteiger partial charge in [-0.25, -0.2) is 19.5 Å². The Hall–Kier alpha value is -2.10. The lowest BCUT2D eigenvalue weighted by Gasteiger charge is -2.25. The van der Waals surface area contributed by atoms with E-state index in [4.69, 9.17) is 4.74 Å². The number of hydrogen-bond donors (Lipinski definition) is 0. The minimum atomic E-state index is -4.87. The standard InChI is InChI=1S/C15H19F3N2O4S/c1-6-8-20(13(22)24-14(3,4)5)12-19-10(15(16,17)18)9(25-12)11(21)23-7-2/h6H,1,7-8H2,2-5H3. The molecule has 0 atom stereocenters. The van der Waals surface area contributed by atoms with Crippen LogP contribution in [0.1, 0.15) is 43.1 Å². The highest BCUT2D eigenvalue weighted by atomic mass is 32.1. The summed E-state index contributed by atoms with van der Waals surface area (Å²) in [4.78, 5) is 27.6. The van der Waals surface area contributed by atoms with Crippen LogP contribution in [0.2, 0.25) is 0 Å². The lowest BCUT2D eigenvalue weighted by molar-refractivity contribution is -0.141. The van der Waals surface area contributed by atoms with E-state index in [-0.39, 0.29) is 18.3 Å². The molecule has 10 heteroatoms. The second-order valence-electron chi connectivity index (χ2n) is 5.77. The van der Waals surface area contributed by atoms with E-state index in [1.165, 1.54) is 13.0 Å². The van der Waals surface area contributed by atoms with Crippen molar-refractivity contribution in [3.05, 3.63) is 23.2 Å². The maximum Gasteiger partial charge on any atom is 0.435 e. The summed E-state index contributed by atoms with van der Waals surface area (Å²) in [5, 5.41) is -0.329. The maximum atomic E-state index is 13.2. The molecule has 1 heterocycles. The van der Waals surface area contributed by atoms with Crippen LogP contribution in [-0.4, -0.2) is 35.8 Å². The van der Waals surface area contributed by atoms with E-state index in [2.05, 4.69) is 16.3 Å². The number of thiazole rings is 1. The zero-order valence-electron chi connectivity index (χ0n) is 14.3. The number of hydrogen-bond acceptors (Lipinski definition) is 6. The Bertz CT molecular complexity index is 650. The quantitative estimate of drug-likeness (QED) is 0.564. The topological polar surface area (TPSA) is 68.7 Å². The SMILES string of the molecule is C=CCN(C(=O)OC(C)(C)C)c1nc(C(F)(F)F)c(C(=O)OCC)s1. The fourth-order valence-electron chi connectivity index (χ4n) is 1.63. The summed E-state index contributed by atoms with van der Waals surface area (Å²) in [6.07, 6.45) is -4.46. The number of rotatable bonds is 5. The first-order valence-corrected chi connectivity index (χ1v) is 8.09. The Morgan fingerprint density at radius 1 is 1.32 bits per heavy atom. The van der Waals surface area contributed by atoms with E-state index in [0.29, 0.717) is 11.3 Å². The van der Waals surface area contributed by atoms with Crippen LogP contribution in [0.15, 0.2) is 12.7 Å². The molecule has 1 aromatic rings. The molecule has 0 unspecified atom stereocenters. The van der Waals surface area contributed by atoms with Crippen molar-refractivity contribution < 1.29 is 32.2 Å². The van der Waals surface area contributed by atoms with E-state index in [9.17, 15) is 22.8 Å². The molecule has 0 spiro atoms. The third-order valence-electron chi connectivity index (χ3n) is 2.50. The molecule has 25 heavy (non-hydrogen) atoms. The summed E-state index contributed by atoms with van der Waals surface area (Å²) in [6.45, 7) is 9.55. The third-order valence-corrected chi connectivity index (χ3v) is 3.56. The van der Waals surface area contributed by atoms with Gasteiger partial charge in [-0.05, 0) is 27.7 Å². The Morgan fingerprint density at radius 3 is 2.36 bits per heavy atom. The fraction of sp³-hybridized carbons (Fsp3) is 0.533. The summed E-state index contributed by atoms with van der Waals surface area (Å²) in [5.74, 6) is -1.15. The minimum Gasteiger partial charge on any atom is -0.462 e. The number of carbonyl (C=O) groups is 2. The first-order valence-electron chi connectivity index (χ1n) is 7.27. The Balaban J connectivity index is 3.34. The normalized spacial score (nSPS) is 11.8. The van der Waals surface area contributed by atoms with Crippen LogP contribution in [0, 0.1) is 0 Å². The predicted octanol–water partition coefficient (Wildman–Crippen LogP) is 4.27. The lowest BCUT2D eigenvalue weighted by atomic mass is 10.2. The van der Waals surface area contributed by atoms with E-state index in [1.54, 1.807) is 20.8 Å². The zero-order valence-corrected chi connectivity index (χ0v) is 15.1. The second-order valence-corrected chi connectivity index (χ2v) is 6.75. The van der Waals surface area contributed by atoms with E-state index in [1.807, 2.05) is 0 Å². The predicted molar refractivity (Wildman–Crippen MR) is 86.8 cm³/mol. The molecule has 0 saturated carbocycles. The van der Waals surface area contributed by atoms with Gasteiger partial charge in [-0.1, -0.05) is 17.4 Å². The number of aromatic nitrogens is 1. The molecule has 140 valence electrons. The Morgan fingerprint density at radius 2 is 1.92 bits per heavy atom. The van der Waals surface area contributed by atoms with Crippen LogP contribution in [0.4, 0.5) is 23.1 Å². The number of nitrogens with zero attached hydrogens (tertiary/aromatic N) is 2. The molecule has 0 aromatic carbocycles. The molecule has 0 bridgehead atoms. The highest BCUT2D eigenvalue weighted by Crippen LogP contribution is 2.38. The van der Waals surface area contributed by atoms with Crippen molar-refractivity contribution in [2.24, 2.45) is 0 Å². The maximum absolute atomic E-state index is 13.2. The van der Waals surface area contributed by atoms with E-state index in [0.717, 1.165) is 4.90 Å². The van der Waals surface area contributed by atoms with Gasteiger partial charge in [0, 0.05) is 6.54 Å². The number of esters is 1. The van der Waals surface area contributed by atoms with Crippen molar-refractivity contribution in [3.8, 4) is 0 Å². The average molecular weight is 380 g/mol. The molecular formula is C15H19F3N2O4S. The van der Waals surface area contributed by atoms with Crippen molar-refractivity contribution in [1.82, 2.24) is 4.98 Å². The number of amides is 1. The molecule has 0 radical (unpaired) electrons. The summed E-state index contributed by atoms with van der Waals surface area (Å²) in [7, 11) is 0. The van der Waals surface area contributed by atoms with Crippen LogP contribution in [0.5, 0.6) is 0 Å². The largest absolute Gasteiger partial charge is 0.462 e. The molecule has 1 amide bonds. The zero-order chi connectivity index (χ0) is 19.4. The third kappa shape index (κ3) is 5.73. The number of ether oxygens (including phenoxy) is 2. The van der Waals surface area contributed by atoms with Crippen LogP contribution in [-0.2, 0) is 15.7 Å². The molecule has 0 N–H and O–H groups in total. The molecule has 0 saturated heterocycles. The van der Waals surface area contributed by atoms with E-state index >= 15 is 0 Å². The Labute approximate surface area is 147 Å². The first kappa shape index (κ1) is 20.9. The van der Waals surface area contributed by atoms with Gasteiger partial charge in [0.2, 0.25) is 0 Å². The average Bonchev–Trinajstić information content (AvgIpc) is 2.88. The summed E-state index contributed by atoms with van der Waals surface area (Å²) in [6, 6.07) is 0. The van der Waals surface area contributed by atoms with Gasteiger partial charge in [-0.15, -0.1) is 6.58 Å². The van der Waals surface area contributed by atoms with Gasteiger partial charge in [0.15, 0.2) is 10.8 Å². The fourth-order valence-corrected chi connectivity index (χ4v) is 2.61. The summed E-state index contributed by atoms with van der Waals surface area (Å²) in [5.41, 5.74) is -2.26. The number of halogens is 3. The van der Waals surface area contributed by atoms with Crippen LogP contribution < -0.4 is 4.90 Å². The van der Waals surface area contributed by atoms with Crippen LogP contribution in [0.3, 0.4) is 0 Å². The second kappa shape index (κ2) is 7.85. The van der Waals surface area contributed by atoms with Gasteiger partial charge in [-0.2, -0.15) is 13.2 Å². The number of alkyl halides is 3. The van der Waals surface area contributed by atoms with Crippen LogP contribution >= 0.6 is 11.3 Å². The molecule has 0 aliphatic rings. The van der Waals surface area contributed by atoms with Crippen molar-refractivity contribution in [2.75, 3.05) is 18.1 Å². The van der Waals surface area contributed by atoms with Crippen molar-refractivity contribution in [3.63, 3.8) is 0 Å². The smallest absolute Gasteiger partial charge is 0.435 e. The number of anilines is 1. The van der Waals surface area contributed by atoms with Crippen molar-refractivity contribution in [2.45, 2.75) is 39.5 Å². The molecule has 1 aromatic heterocycles. The molecule has 1 rings (SSSR count). The minimum absolute atomic E-state index is 0.0915. The van der Waals surface area contributed by atoms with Gasteiger partial charge in [0.25, 0.3) is 0 Å². The van der Waals surface area contributed by atoms with E-state index < -0.39 is 34.4 Å². The highest BCUT2D eigenvalue weighted by Gasteiger charge is 2.41. The number of carbonyl (C=O) groups excluding carboxylic acids is 2. The highest BCUT2D eigenvalue weighted by molar-refractivity contribution is 7.17. The monoisotopic (exact) mass is 380 g/mol. The van der Waals surface area contributed by atoms with Gasteiger partial charge in [0.05, 0.1) is 6.61 Å². The molecular weight excluding hydrogens is 361 g/mol. The van der Waals surface area contributed by atoms with Crippen molar-refractivity contribution in [1.29, 1.82) is 0 Å². The molecule has 6 nitrogen and oxygen atoms in total.